The highest BCUT2D eigenvalue weighted by Crippen LogP contribution is 2.04. The predicted molar refractivity (Wildman–Crippen MR) is 58.9 cm³/mol. The minimum atomic E-state index is -0.531. The molecule has 0 radical (unpaired) electrons. The first-order valence-corrected chi connectivity index (χ1v) is 5.24. The third-order valence-corrected chi connectivity index (χ3v) is 2.15. The third-order valence-electron chi connectivity index (χ3n) is 2.15. The molecule has 0 spiro atoms. The van der Waals surface area contributed by atoms with Crippen molar-refractivity contribution >= 4 is 11.8 Å². The highest BCUT2D eigenvalue weighted by atomic mass is 16.2. The molecule has 4 N–H and O–H groups in total. The van der Waals surface area contributed by atoms with Crippen LogP contribution in [-0.2, 0) is 9.59 Å². The lowest BCUT2D eigenvalue weighted by molar-refractivity contribution is -0.138. The molecule has 0 fully saturated rings. The Bertz CT molecular complexity index is 229. The zero-order valence-corrected chi connectivity index (χ0v) is 9.69. The Kier molecular flexibility index (Phi) is 5.93. The van der Waals surface area contributed by atoms with Crippen LogP contribution in [0, 0.1) is 0 Å². The molecule has 0 aliphatic carbocycles. The highest BCUT2D eigenvalue weighted by Gasteiger charge is 2.23. The molecular weight excluding hydrogens is 194 g/mol. The van der Waals surface area contributed by atoms with Crippen molar-refractivity contribution in [2.24, 2.45) is 11.5 Å². The van der Waals surface area contributed by atoms with Gasteiger partial charge in [-0.25, -0.2) is 0 Å². The predicted octanol–water partition coefficient (Wildman–Crippen LogP) is -0.164. The molecule has 5 nitrogen and oxygen atoms in total. The van der Waals surface area contributed by atoms with Crippen LogP contribution in [0.5, 0.6) is 0 Å². The van der Waals surface area contributed by atoms with Crippen molar-refractivity contribution in [1.82, 2.24) is 4.90 Å². The molecule has 0 rings (SSSR count). The zero-order chi connectivity index (χ0) is 12.0. The van der Waals surface area contributed by atoms with Crippen molar-refractivity contribution in [1.29, 1.82) is 0 Å². The maximum atomic E-state index is 11.8. The van der Waals surface area contributed by atoms with Gasteiger partial charge in [-0.15, -0.1) is 0 Å². The minimum Gasteiger partial charge on any atom is -0.368 e. The molecule has 0 aromatic rings. The smallest absolute Gasteiger partial charge is 0.240 e. The summed E-state index contributed by atoms with van der Waals surface area (Å²) in [5.41, 5.74) is 10.8. The van der Waals surface area contributed by atoms with Gasteiger partial charge in [0.15, 0.2) is 0 Å². The second-order valence-corrected chi connectivity index (χ2v) is 3.92. The summed E-state index contributed by atoms with van der Waals surface area (Å²) in [6.45, 7) is 5.56. The van der Waals surface area contributed by atoms with Gasteiger partial charge in [0.1, 0.15) is 0 Å². The van der Waals surface area contributed by atoms with Crippen LogP contribution in [0.4, 0.5) is 0 Å². The highest BCUT2D eigenvalue weighted by molar-refractivity contribution is 5.86. The van der Waals surface area contributed by atoms with Crippen molar-refractivity contribution in [2.45, 2.75) is 45.7 Å². The van der Waals surface area contributed by atoms with E-state index in [1.807, 2.05) is 20.8 Å². The van der Waals surface area contributed by atoms with Gasteiger partial charge in [0.25, 0.3) is 0 Å². The molecule has 5 heteroatoms. The summed E-state index contributed by atoms with van der Waals surface area (Å²) in [5.74, 6) is -0.716. The molecule has 15 heavy (non-hydrogen) atoms. The fourth-order valence-corrected chi connectivity index (χ4v) is 1.33. The zero-order valence-electron chi connectivity index (χ0n) is 9.69. The van der Waals surface area contributed by atoms with E-state index in [4.69, 9.17) is 11.5 Å². The van der Waals surface area contributed by atoms with E-state index < -0.39 is 11.9 Å². The van der Waals surface area contributed by atoms with Crippen LogP contribution in [0.2, 0.25) is 0 Å². The minimum absolute atomic E-state index is 0.0616. The van der Waals surface area contributed by atoms with Gasteiger partial charge in [-0.2, -0.15) is 0 Å². The Morgan fingerprint density at radius 1 is 1.33 bits per heavy atom. The van der Waals surface area contributed by atoms with Crippen LogP contribution in [-0.4, -0.2) is 35.3 Å². The Balaban J connectivity index is 4.47. The topological polar surface area (TPSA) is 89.4 Å². The lowest BCUT2D eigenvalue weighted by Gasteiger charge is -2.28. The number of primary amides is 1. The average molecular weight is 215 g/mol. The molecule has 0 aromatic heterocycles. The van der Waals surface area contributed by atoms with Gasteiger partial charge in [-0.1, -0.05) is 13.3 Å². The van der Waals surface area contributed by atoms with E-state index >= 15 is 0 Å². The lowest BCUT2D eigenvalue weighted by atomic mass is 10.1. The summed E-state index contributed by atoms with van der Waals surface area (Å²) >= 11 is 0. The second kappa shape index (κ2) is 6.40. The van der Waals surface area contributed by atoms with Crippen LogP contribution in [0.25, 0.3) is 0 Å². The maximum absolute atomic E-state index is 11.8. The lowest BCUT2D eigenvalue weighted by Crippen LogP contribution is -2.49. The number of hydrogen-bond donors (Lipinski definition) is 2. The number of carbonyl (C=O) groups is 2. The van der Waals surface area contributed by atoms with Crippen LogP contribution in [0.3, 0.4) is 0 Å². The molecule has 0 aromatic carbocycles. The number of nitrogens with zero attached hydrogens (tertiary/aromatic N) is 1. The maximum Gasteiger partial charge on any atom is 0.240 e. The largest absolute Gasteiger partial charge is 0.368 e. The van der Waals surface area contributed by atoms with Crippen LogP contribution < -0.4 is 11.5 Å². The van der Waals surface area contributed by atoms with E-state index in [9.17, 15) is 9.59 Å². The fourth-order valence-electron chi connectivity index (χ4n) is 1.33. The van der Waals surface area contributed by atoms with E-state index in [1.165, 1.54) is 4.90 Å². The first-order valence-electron chi connectivity index (χ1n) is 5.24. The summed E-state index contributed by atoms with van der Waals surface area (Å²) in [7, 11) is 0. The summed E-state index contributed by atoms with van der Waals surface area (Å²) in [4.78, 5) is 24.0. The number of carbonyl (C=O) groups excluding carboxylic acids is 2. The molecule has 0 aliphatic rings. The number of amides is 2. The van der Waals surface area contributed by atoms with E-state index in [2.05, 4.69) is 0 Å². The fraction of sp³-hybridized carbons (Fsp3) is 0.800. The summed E-state index contributed by atoms with van der Waals surface area (Å²) in [6.07, 6.45) is 1.47. The van der Waals surface area contributed by atoms with E-state index in [-0.39, 0.29) is 18.5 Å². The van der Waals surface area contributed by atoms with Crippen LogP contribution in [0.15, 0.2) is 0 Å². The van der Waals surface area contributed by atoms with Crippen molar-refractivity contribution in [3.05, 3.63) is 0 Å². The average Bonchev–Trinajstić information content (AvgIpc) is 2.12. The molecule has 0 saturated heterocycles. The second-order valence-electron chi connectivity index (χ2n) is 3.92. The first kappa shape index (κ1) is 13.9. The van der Waals surface area contributed by atoms with Gasteiger partial charge in [-0.3, -0.25) is 9.59 Å². The molecular formula is C10H21N3O2. The Morgan fingerprint density at radius 2 is 1.87 bits per heavy atom. The first-order chi connectivity index (χ1) is 6.90. The van der Waals surface area contributed by atoms with Gasteiger partial charge < -0.3 is 16.4 Å². The molecule has 0 bridgehead atoms. The molecule has 0 heterocycles. The van der Waals surface area contributed by atoms with Gasteiger partial charge in [0, 0.05) is 6.04 Å². The van der Waals surface area contributed by atoms with E-state index in [1.54, 1.807) is 0 Å². The summed E-state index contributed by atoms with van der Waals surface area (Å²) in [5, 5.41) is 0. The molecule has 2 amide bonds. The summed E-state index contributed by atoms with van der Waals surface area (Å²) in [6, 6.07) is -0.593. The molecule has 0 saturated carbocycles. The van der Waals surface area contributed by atoms with Gasteiger partial charge in [0.2, 0.25) is 11.8 Å². The van der Waals surface area contributed by atoms with Gasteiger partial charge in [0.05, 0.1) is 12.6 Å². The monoisotopic (exact) mass is 215 g/mol. The number of hydrogen-bond acceptors (Lipinski definition) is 3. The van der Waals surface area contributed by atoms with Gasteiger partial charge in [-0.05, 0) is 20.3 Å². The Morgan fingerprint density at radius 3 is 2.20 bits per heavy atom. The van der Waals surface area contributed by atoms with E-state index in [0.29, 0.717) is 6.42 Å². The van der Waals surface area contributed by atoms with Crippen LogP contribution in [0.1, 0.15) is 33.6 Å². The van der Waals surface area contributed by atoms with Gasteiger partial charge >= 0.3 is 0 Å². The molecule has 0 aliphatic heterocycles. The van der Waals surface area contributed by atoms with Crippen molar-refractivity contribution in [2.75, 3.05) is 6.54 Å². The standard InChI is InChI=1S/C10H21N3O2/c1-4-5-8(11)10(15)13(7(2)3)6-9(12)14/h7-8H,4-6,11H2,1-3H3,(H2,12,14). The third kappa shape index (κ3) is 4.78. The normalized spacial score (nSPS) is 12.6. The quantitative estimate of drug-likeness (QED) is 0.645. The molecule has 88 valence electrons. The van der Waals surface area contributed by atoms with E-state index in [0.717, 1.165) is 6.42 Å². The molecule has 1 atom stereocenters. The number of nitrogens with two attached hydrogens (primary N) is 2. The summed E-state index contributed by atoms with van der Waals surface area (Å²) < 4.78 is 0. The Hall–Kier alpha value is -1.10. The Labute approximate surface area is 90.8 Å². The van der Waals surface area contributed by atoms with Crippen molar-refractivity contribution < 1.29 is 9.59 Å². The van der Waals surface area contributed by atoms with Crippen LogP contribution >= 0.6 is 0 Å². The SMILES string of the molecule is CCCC(N)C(=O)N(CC(N)=O)C(C)C. The number of rotatable bonds is 6. The van der Waals surface area contributed by atoms with Crippen molar-refractivity contribution in [3.8, 4) is 0 Å². The molecule has 1 unspecified atom stereocenters. The van der Waals surface area contributed by atoms with Crippen molar-refractivity contribution in [3.63, 3.8) is 0 Å².